The van der Waals surface area contributed by atoms with E-state index in [0.717, 1.165) is 24.4 Å². The van der Waals surface area contributed by atoms with Gasteiger partial charge in [0.2, 0.25) is 0 Å². The zero-order valence-corrected chi connectivity index (χ0v) is 17.6. The Morgan fingerprint density at radius 1 is 0.692 bits per heavy atom. The first-order valence-corrected chi connectivity index (χ1v) is 12.1. The predicted octanol–water partition coefficient (Wildman–Crippen LogP) is 5.68. The predicted molar refractivity (Wildman–Crippen MR) is 109 cm³/mol. The zero-order chi connectivity index (χ0) is 18.2. The summed E-state index contributed by atoms with van der Waals surface area (Å²) in [5.41, 5.74) is -0.339. The van der Waals surface area contributed by atoms with Gasteiger partial charge in [-0.15, -0.1) is 0 Å². The van der Waals surface area contributed by atoms with E-state index in [4.69, 9.17) is 0 Å². The standard InChI is InChI=1S/C24H44NO/c1-25(2)22-14-9-15-23(25)17-19(16-22)18-24(26,20-10-5-3-6-11-20)21-12-7-4-8-13-21/h19-23,26H,3-18H2,1-2H3/q+1/t19?,22-,23+. The van der Waals surface area contributed by atoms with Gasteiger partial charge in [0.15, 0.2) is 0 Å². The number of hydrogen-bond acceptors (Lipinski definition) is 1. The molecule has 2 saturated heterocycles. The average Bonchev–Trinajstić information content (AvgIpc) is 2.64. The molecular formula is C24H44NO+. The van der Waals surface area contributed by atoms with Crippen LogP contribution in [0, 0.1) is 17.8 Å². The van der Waals surface area contributed by atoms with Gasteiger partial charge in [0.25, 0.3) is 0 Å². The van der Waals surface area contributed by atoms with Gasteiger partial charge in [0.05, 0.1) is 31.8 Å². The van der Waals surface area contributed by atoms with Crippen LogP contribution in [-0.2, 0) is 0 Å². The van der Waals surface area contributed by atoms with Crippen molar-refractivity contribution in [1.82, 2.24) is 0 Å². The summed E-state index contributed by atoms with van der Waals surface area (Å²) in [6, 6.07) is 1.71. The summed E-state index contributed by atoms with van der Waals surface area (Å²) in [6.07, 6.45) is 21.6. The van der Waals surface area contributed by atoms with Crippen molar-refractivity contribution in [3.8, 4) is 0 Å². The summed E-state index contributed by atoms with van der Waals surface area (Å²) in [5.74, 6) is 1.98. The minimum absolute atomic E-state index is 0.339. The molecule has 0 spiro atoms. The fourth-order valence-corrected chi connectivity index (χ4v) is 7.70. The summed E-state index contributed by atoms with van der Waals surface area (Å²) < 4.78 is 1.27. The second-order valence-electron chi connectivity index (χ2n) is 11.1. The molecule has 0 aromatic carbocycles. The van der Waals surface area contributed by atoms with Crippen LogP contribution in [0.15, 0.2) is 0 Å². The quantitative estimate of drug-likeness (QED) is 0.638. The Kier molecular flexibility index (Phi) is 5.73. The third-order valence-corrected chi connectivity index (χ3v) is 9.41. The largest absolute Gasteiger partial charge is 0.389 e. The fraction of sp³-hybridized carbons (Fsp3) is 1.00. The molecule has 2 nitrogen and oxygen atoms in total. The molecule has 1 N–H and O–H groups in total. The molecule has 2 bridgehead atoms. The number of piperidine rings is 2. The van der Waals surface area contributed by atoms with Gasteiger partial charge in [-0.2, -0.15) is 0 Å². The first-order valence-electron chi connectivity index (χ1n) is 12.1. The van der Waals surface area contributed by atoms with E-state index in [9.17, 15) is 5.11 Å². The molecule has 0 aromatic heterocycles. The second-order valence-corrected chi connectivity index (χ2v) is 11.1. The smallest absolute Gasteiger partial charge is 0.0891 e. The summed E-state index contributed by atoms with van der Waals surface area (Å²) in [7, 11) is 4.97. The lowest BCUT2D eigenvalue weighted by atomic mass is 9.61. The van der Waals surface area contributed by atoms with E-state index in [0.29, 0.717) is 11.8 Å². The average molecular weight is 363 g/mol. The lowest BCUT2D eigenvalue weighted by Gasteiger charge is -2.55. The lowest BCUT2D eigenvalue weighted by molar-refractivity contribution is -0.950. The third kappa shape index (κ3) is 3.62. The Labute approximate surface area is 162 Å². The van der Waals surface area contributed by atoms with E-state index in [1.165, 1.54) is 101 Å². The van der Waals surface area contributed by atoms with Crippen LogP contribution in [0.25, 0.3) is 0 Å². The van der Waals surface area contributed by atoms with Crippen molar-refractivity contribution >= 4 is 0 Å². The van der Waals surface area contributed by atoms with E-state index in [-0.39, 0.29) is 5.60 Å². The SMILES string of the molecule is C[N+]1(C)[C@@H]2CCC[C@H]1CC(CC(O)(C1CCCCC1)C1CCCCC1)C2. The molecule has 4 fully saturated rings. The van der Waals surface area contributed by atoms with E-state index in [1.54, 1.807) is 0 Å². The van der Waals surface area contributed by atoms with Gasteiger partial charge in [0.1, 0.15) is 0 Å². The normalized spacial score (nSPS) is 36.8. The molecule has 150 valence electrons. The number of fused-ring (bicyclic) bond motifs is 2. The molecule has 3 atom stereocenters. The molecule has 1 unspecified atom stereocenters. The van der Waals surface area contributed by atoms with E-state index < -0.39 is 0 Å². The number of quaternary nitrogens is 1. The zero-order valence-electron chi connectivity index (χ0n) is 17.6. The molecule has 4 aliphatic rings. The second kappa shape index (κ2) is 7.74. The van der Waals surface area contributed by atoms with Gasteiger partial charge in [-0.1, -0.05) is 38.5 Å². The van der Waals surface area contributed by atoms with Gasteiger partial charge in [-0.05, 0) is 69.1 Å². The first kappa shape index (κ1) is 19.2. The maximum Gasteiger partial charge on any atom is 0.0891 e. The molecule has 2 aliphatic heterocycles. The number of hydrogen-bond donors (Lipinski definition) is 1. The van der Waals surface area contributed by atoms with Gasteiger partial charge >= 0.3 is 0 Å². The number of rotatable bonds is 4. The van der Waals surface area contributed by atoms with Crippen LogP contribution in [0.4, 0.5) is 0 Å². The minimum Gasteiger partial charge on any atom is -0.389 e. The highest BCUT2D eigenvalue weighted by Gasteiger charge is 2.50. The first-order chi connectivity index (χ1) is 12.5. The molecule has 26 heavy (non-hydrogen) atoms. The topological polar surface area (TPSA) is 20.2 Å². The molecule has 0 amide bonds. The van der Waals surface area contributed by atoms with Crippen molar-refractivity contribution < 1.29 is 9.59 Å². The Morgan fingerprint density at radius 3 is 1.62 bits per heavy atom. The summed E-state index contributed by atoms with van der Waals surface area (Å²) in [4.78, 5) is 0. The van der Waals surface area contributed by atoms with Crippen molar-refractivity contribution in [3.63, 3.8) is 0 Å². The van der Waals surface area contributed by atoms with Crippen molar-refractivity contribution in [1.29, 1.82) is 0 Å². The van der Waals surface area contributed by atoms with Crippen LogP contribution in [0.2, 0.25) is 0 Å². The molecule has 2 saturated carbocycles. The third-order valence-electron chi connectivity index (χ3n) is 9.41. The van der Waals surface area contributed by atoms with Crippen LogP contribution in [-0.4, -0.2) is 41.4 Å². The highest BCUT2D eigenvalue weighted by atomic mass is 16.3. The van der Waals surface area contributed by atoms with Gasteiger partial charge in [-0.3, -0.25) is 0 Å². The minimum atomic E-state index is -0.339. The summed E-state index contributed by atoms with van der Waals surface area (Å²) >= 11 is 0. The Hall–Kier alpha value is -0.0800. The molecule has 2 heteroatoms. The van der Waals surface area contributed by atoms with Crippen LogP contribution < -0.4 is 0 Å². The maximum absolute atomic E-state index is 12.2. The molecule has 0 radical (unpaired) electrons. The van der Waals surface area contributed by atoms with E-state index in [2.05, 4.69) is 14.1 Å². The maximum atomic E-state index is 12.2. The van der Waals surface area contributed by atoms with E-state index >= 15 is 0 Å². The molecule has 4 rings (SSSR count). The molecule has 2 heterocycles. The van der Waals surface area contributed by atoms with Crippen LogP contribution in [0.3, 0.4) is 0 Å². The van der Waals surface area contributed by atoms with Crippen molar-refractivity contribution in [2.75, 3.05) is 14.1 Å². The Morgan fingerprint density at radius 2 is 1.15 bits per heavy atom. The fourth-order valence-electron chi connectivity index (χ4n) is 7.70. The summed E-state index contributed by atoms with van der Waals surface area (Å²) in [6.45, 7) is 0. The molecule has 2 aliphatic carbocycles. The van der Waals surface area contributed by atoms with Crippen molar-refractivity contribution in [2.24, 2.45) is 17.8 Å². The lowest BCUT2D eigenvalue weighted by Crippen LogP contribution is -2.63. The van der Waals surface area contributed by atoms with Crippen LogP contribution in [0.5, 0.6) is 0 Å². The van der Waals surface area contributed by atoms with Gasteiger partial charge < -0.3 is 9.59 Å². The Balaban J connectivity index is 1.51. The van der Waals surface area contributed by atoms with Crippen molar-refractivity contribution in [2.45, 2.75) is 120 Å². The van der Waals surface area contributed by atoms with Crippen LogP contribution in [0.1, 0.15) is 103 Å². The molecule has 0 aromatic rings. The summed E-state index contributed by atoms with van der Waals surface area (Å²) in [5, 5.41) is 12.2. The van der Waals surface area contributed by atoms with E-state index in [1.807, 2.05) is 0 Å². The number of aliphatic hydroxyl groups is 1. The number of nitrogens with zero attached hydrogens (tertiary/aromatic N) is 1. The Bertz CT molecular complexity index is 427. The highest BCUT2D eigenvalue weighted by Crippen LogP contribution is 2.50. The van der Waals surface area contributed by atoms with Crippen molar-refractivity contribution in [3.05, 3.63) is 0 Å². The monoisotopic (exact) mass is 362 g/mol. The van der Waals surface area contributed by atoms with Crippen LogP contribution >= 0.6 is 0 Å². The molecular weight excluding hydrogens is 318 g/mol. The highest BCUT2D eigenvalue weighted by molar-refractivity contribution is 4.98. The van der Waals surface area contributed by atoms with Gasteiger partial charge in [-0.25, -0.2) is 0 Å². The van der Waals surface area contributed by atoms with Gasteiger partial charge in [0, 0.05) is 12.8 Å².